The van der Waals surface area contributed by atoms with E-state index in [0.29, 0.717) is 46.2 Å². The van der Waals surface area contributed by atoms with Crippen LogP contribution >= 0.6 is 0 Å². The number of carbonyl (C=O) groups excluding carboxylic acids is 1. The molecule has 0 N–H and O–H groups in total. The van der Waals surface area contributed by atoms with E-state index >= 15 is 0 Å². The van der Waals surface area contributed by atoms with E-state index < -0.39 is 11.4 Å². The number of aromatic nitrogens is 2. The lowest BCUT2D eigenvalue weighted by atomic mass is 10.0. The molecule has 2 aromatic heterocycles. The van der Waals surface area contributed by atoms with Gasteiger partial charge >= 0.3 is 5.97 Å². The number of fused-ring (bicyclic) bond motifs is 1. The van der Waals surface area contributed by atoms with Crippen molar-refractivity contribution in [2.75, 3.05) is 49.8 Å². The predicted molar refractivity (Wildman–Crippen MR) is 159 cm³/mol. The Morgan fingerprint density at radius 2 is 1.95 bits per heavy atom. The second-order valence-corrected chi connectivity index (χ2v) is 10.7. The van der Waals surface area contributed by atoms with Crippen molar-refractivity contribution in [3.63, 3.8) is 0 Å². The molecule has 216 valence electrons. The number of carbonyl (C=O) groups is 1. The minimum Gasteiger partial charge on any atom is -0.462 e. The van der Waals surface area contributed by atoms with Crippen molar-refractivity contribution in [3.05, 3.63) is 70.0 Å². The number of pyridine rings is 1. The zero-order valence-corrected chi connectivity index (χ0v) is 23.8. The Morgan fingerprint density at radius 3 is 2.71 bits per heavy atom. The smallest absolute Gasteiger partial charge is 0.343 e. The molecule has 10 heteroatoms. The fourth-order valence-electron chi connectivity index (χ4n) is 5.98. The Morgan fingerprint density at radius 1 is 1.12 bits per heavy atom. The van der Waals surface area contributed by atoms with E-state index in [1.54, 1.807) is 24.7 Å². The standard InChI is InChI=1S/C32H33N5O5/c1-3-41-31(39)25-19-37(23-9-10-26-30(16-23)42-32(34-26)36-14-6-7-24(36)20-40-2)28(17-29(25)38)21-8-11-27(22(15-21)18-33)35-12-4-5-13-35/h8-11,15-17,19,24H,3-7,12-14,20H2,1-2H3. The summed E-state index contributed by atoms with van der Waals surface area (Å²) in [6, 6.07) is 15.7. The number of hydrogen-bond acceptors (Lipinski definition) is 9. The molecular weight excluding hydrogens is 534 g/mol. The van der Waals surface area contributed by atoms with Crippen LogP contribution in [0.2, 0.25) is 0 Å². The second-order valence-electron chi connectivity index (χ2n) is 10.7. The third kappa shape index (κ3) is 5.12. The number of ether oxygens (including phenoxy) is 2. The van der Waals surface area contributed by atoms with Crippen molar-refractivity contribution in [1.29, 1.82) is 5.26 Å². The van der Waals surface area contributed by atoms with E-state index in [9.17, 15) is 14.9 Å². The van der Waals surface area contributed by atoms with Crippen molar-refractivity contribution in [3.8, 4) is 23.0 Å². The molecule has 6 rings (SSSR count). The normalized spacial score (nSPS) is 16.7. The average molecular weight is 568 g/mol. The molecule has 10 nitrogen and oxygen atoms in total. The number of methoxy groups -OCH3 is 1. The molecule has 4 aromatic rings. The van der Waals surface area contributed by atoms with Crippen molar-refractivity contribution in [1.82, 2.24) is 9.55 Å². The molecule has 0 saturated carbocycles. The molecule has 2 fully saturated rings. The molecule has 0 amide bonds. The lowest BCUT2D eigenvalue weighted by Gasteiger charge is -2.21. The summed E-state index contributed by atoms with van der Waals surface area (Å²) in [6.07, 6.45) is 5.74. The number of hydrogen-bond donors (Lipinski definition) is 0. The van der Waals surface area contributed by atoms with E-state index in [2.05, 4.69) is 15.9 Å². The van der Waals surface area contributed by atoms with Gasteiger partial charge in [-0.25, -0.2) is 4.79 Å². The monoisotopic (exact) mass is 567 g/mol. The molecule has 2 saturated heterocycles. The van der Waals surface area contributed by atoms with Crippen molar-refractivity contribution in [2.45, 2.75) is 38.6 Å². The van der Waals surface area contributed by atoms with Crippen molar-refractivity contribution < 1.29 is 18.7 Å². The molecule has 0 radical (unpaired) electrons. The number of benzene rings is 2. The highest BCUT2D eigenvalue weighted by molar-refractivity contribution is 5.90. The minimum absolute atomic E-state index is 0.0763. The molecule has 0 spiro atoms. The Labute approximate surface area is 243 Å². The van der Waals surface area contributed by atoms with Crippen LogP contribution in [0.25, 0.3) is 28.0 Å². The maximum absolute atomic E-state index is 13.2. The number of rotatable bonds is 8. The molecule has 4 heterocycles. The number of anilines is 2. The number of esters is 1. The predicted octanol–water partition coefficient (Wildman–Crippen LogP) is 4.91. The summed E-state index contributed by atoms with van der Waals surface area (Å²) in [6.45, 7) is 5.11. The molecule has 0 aliphatic carbocycles. The van der Waals surface area contributed by atoms with Crippen molar-refractivity contribution >= 4 is 28.8 Å². The van der Waals surface area contributed by atoms with Crippen LogP contribution < -0.4 is 15.2 Å². The Kier molecular flexibility index (Phi) is 7.68. The molecular formula is C32H33N5O5. The third-order valence-corrected chi connectivity index (χ3v) is 8.03. The summed E-state index contributed by atoms with van der Waals surface area (Å²) in [5, 5.41) is 9.99. The van der Waals surface area contributed by atoms with Crippen LogP contribution in [0.4, 0.5) is 11.7 Å². The zero-order chi connectivity index (χ0) is 29.2. The molecule has 1 unspecified atom stereocenters. The molecule has 2 aliphatic heterocycles. The Hall–Kier alpha value is -4.62. The first-order valence-electron chi connectivity index (χ1n) is 14.4. The topological polar surface area (TPSA) is 114 Å². The van der Waals surface area contributed by atoms with Gasteiger partial charge in [0.25, 0.3) is 6.01 Å². The lowest BCUT2D eigenvalue weighted by Crippen LogP contribution is -2.32. The van der Waals surface area contributed by atoms with Gasteiger partial charge in [-0.1, -0.05) is 6.07 Å². The molecule has 0 bridgehead atoms. The van der Waals surface area contributed by atoms with Gasteiger partial charge < -0.3 is 28.3 Å². The summed E-state index contributed by atoms with van der Waals surface area (Å²) < 4.78 is 18.6. The molecule has 2 aliphatic rings. The molecule has 42 heavy (non-hydrogen) atoms. The molecule has 1 atom stereocenters. The van der Waals surface area contributed by atoms with E-state index in [4.69, 9.17) is 18.9 Å². The highest BCUT2D eigenvalue weighted by atomic mass is 16.5. The summed E-state index contributed by atoms with van der Waals surface area (Å²) >= 11 is 0. The number of nitrogens with zero attached hydrogens (tertiary/aromatic N) is 5. The van der Waals surface area contributed by atoms with Crippen LogP contribution in [0.15, 0.2) is 57.9 Å². The van der Waals surface area contributed by atoms with Crippen molar-refractivity contribution in [2.24, 2.45) is 0 Å². The van der Waals surface area contributed by atoms with Gasteiger partial charge in [-0.2, -0.15) is 10.2 Å². The Bertz CT molecular complexity index is 1730. The molecule has 2 aromatic carbocycles. The maximum atomic E-state index is 13.2. The first-order chi connectivity index (χ1) is 20.5. The zero-order valence-electron chi connectivity index (χ0n) is 23.8. The van der Waals surface area contributed by atoms with Gasteiger partial charge in [-0.3, -0.25) is 4.79 Å². The van der Waals surface area contributed by atoms with Gasteiger partial charge in [0.15, 0.2) is 11.0 Å². The first kappa shape index (κ1) is 27.5. The van der Waals surface area contributed by atoms with E-state index in [0.717, 1.165) is 51.0 Å². The quantitative estimate of drug-likeness (QED) is 0.274. The minimum atomic E-state index is -0.689. The second kappa shape index (κ2) is 11.7. The largest absolute Gasteiger partial charge is 0.462 e. The van der Waals surface area contributed by atoms with E-state index in [1.165, 1.54) is 12.3 Å². The highest BCUT2D eigenvalue weighted by Gasteiger charge is 2.28. The third-order valence-electron chi connectivity index (χ3n) is 8.03. The first-order valence-corrected chi connectivity index (χ1v) is 14.4. The average Bonchev–Trinajstić information content (AvgIpc) is 3.78. The fourth-order valence-corrected chi connectivity index (χ4v) is 5.98. The van der Waals surface area contributed by atoms with Gasteiger partial charge in [0.2, 0.25) is 0 Å². The maximum Gasteiger partial charge on any atom is 0.343 e. The van der Waals surface area contributed by atoms with Crippen LogP contribution in [0, 0.1) is 11.3 Å². The Balaban J connectivity index is 1.46. The van der Waals surface area contributed by atoms with Gasteiger partial charge in [-0.05, 0) is 56.9 Å². The van der Waals surface area contributed by atoms with Crippen LogP contribution in [-0.2, 0) is 9.47 Å². The fraction of sp³-hybridized carbons (Fsp3) is 0.375. The van der Waals surface area contributed by atoms with Gasteiger partial charge in [0, 0.05) is 56.3 Å². The lowest BCUT2D eigenvalue weighted by molar-refractivity contribution is 0.0524. The van der Waals surface area contributed by atoms with Crippen LogP contribution in [0.5, 0.6) is 0 Å². The van der Waals surface area contributed by atoms with Crippen LogP contribution in [-0.4, -0.2) is 61.5 Å². The number of oxazole rings is 1. The van der Waals surface area contributed by atoms with Gasteiger partial charge in [0.1, 0.15) is 17.1 Å². The van der Waals surface area contributed by atoms with E-state index in [1.807, 2.05) is 30.3 Å². The van der Waals surface area contributed by atoms with Crippen LogP contribution in [0.1, 0.15) is 48.5 Å². The summed E-state index contributed by atoms with van der Waals surface area (Å²) in [5.41, 5.74) is 4.06. The number of nitriles is 1. The summed E-state index contributed by atoms with van der Waals surface area (Å²) in [4.78, 5) is 34.9. The SMILES string of the molecule is CCOC(=O)c1cn(-c2ccc3nc(N4CCCC4COC)oc3c2)c(-c2ccc(N3CCCC3)c(C#N)c2)cc1=O. The van der Waals surface area contributed by atoms with Gasteiger partial charge in [-0.15, -0.1) is 0 Å². The van der Waals surface area contributed by atoms with Gasteiger partial charge in [0.05, 0.1) is 36.2 Å². The van der Waals surface area contributed by atoms with Crippen LogP contribution in [0.3, 0.4) is 0 Å². The highest BCUT2D eigenvalue weighted by Crippen LogP contribution is 2.33. The summed E-state index contributed by atoms with van der Waals surface area (Å²) in [5.74, 6) is -0.689. The summed E-state index contributed by atoms with van der Waals surface area (Å²) in [7, 11) is 1.70. The van der Waals surface area contributed by atoms with E-state index in [-0.39, 0.29) is 18.2 Å².